The fraction of sp³-hybridized carbons (Fsp3) is 0.143. The van der Waals surface area contributed by atoms with E-state index >= 15 is 0 Å². The smallest absolute Gasteiger partial charge is 0.254 e. The molecule has 1 amide bonds. The van der Waals surface area contributed by atoms with Gasteiger partial charge in [-0.1, -0.05) is 50.7 Å². The van der Waals surface area contributed by atoms with Gasteiger partial charge in [0.25, 0.3) is 5.91 Å². The van der Waals surface area contributed by atoms with E-state index in [2.05, 4.69) is 31.5 Å². The van der Waals surface area contributed by atoms with Crippen molar-refractivity contribution >= 4 is 62.3 Å². The lowest BCUT2D eigenvalue weighted by atomic mass is 10.2. The van der Waals surface area contributed by atoms with Gasteiger partial charge < -0.3 is 10.6 Å². The van der Waals surface area contributed by atoms with Crippen LogP contribution in [0.15, 0.2) is 53.3 Å². The van der Waals surface area contributed by atoms with Gasteiger partial charge in [-0.2, -0.15) is 0 Å². The first-order chi connectivity index (χ1) is 10.4. The summed E-state index contributed by atoms with van der Waals surface area (Å²) in [5, 5.41) is 5.62. The van der Waals surface area contributed by atoms with Crippen LogP contribution in [0.5, 0.6) is 0 Å². The zero-order chi connectivity index (χ0) is 16.2. The third-order valence-corrected chi connectivity index (χ3v) is 3.87. The fourth-order valence-electron chi connectivity index (χ4n) is 1.62. The third kappa shape index (κ3) is 5.02. The van der Waals surface area contributed by atoms with Crippen LogP contribution < -0.4 is 10.6 Å². The number of alkyl halides is 3. The Labute approximate surface area is 151 Å². The van der Waals surface area contributed by atoms with Crippen LogP contribution in [0, 0.1) is 0 Å². The molecule has 0 aliphatic carbocycles. The van der Waals surface area contributed by atoms with Gasteiger partial charge in [0.2, 0.25) is 3.79 Å². The normalized spacial score (nSPS) is 12.5. The lowest BCUT2D eigenvalue weighted by molar-refractivity contribution is 0.0941. The summed E-state index contributed by atoms with van der Waals surface area (Å²) in [5.41, 5.74) is 1.07. The Balaban J connectivity index is 2.13. The summed E-state index contributed by atoms with van der Waals surface area (Å²) >= 11 is 21.2. The van der Waals surface area contributed by atoms with Gasteiger partial charge in [0, 0.05) is 22.6 Å². The number of hydrogen-bond donors (Lipinski definition) is 2. The molecule has 0 unspecified atom stereocenters. The monoisotopic (exact) mass is 421 g/mol. The molecule has 2 rings (SSSR count). The number of carbonyl (C=O) groups excluding carboxylic acids is 1. The summed E-state index contributed by atoms with van der Waals surface area (Å²) in [6.45, 7) is 0. The van der Waals surface area contributed by atoms with Crippen LogP contribution in [0.3, 0.4) is 0 Å². The van der Waals surface area contributed by atoms with Gasteiger partial charge in [0.1, 0.15) is 6.17 Å². The molecular formula is C14H11BrCl3N3O. The van der Waals surface area contributed by atoms with Gasteiger partial charge in [-0.15, -0.1) is 0 Å². The van der Waals surface area contributed by atoms with Crippen LogP contribution in [0.25, 0.3) is 0 Å². The topological polar surface area (TPSA) is 54.0 Å². The molecule has 8 heteroatoms. The summed E-state index contributed by atoms with van der Waals surface area (Å²) in [5.74, 6) is -0.394. The van der Waals surface area contributed by atoms with E-state index in [1.54, 1.807) is 30.5 Å². The number of carbonyl (C=O) groups is 1. The Bertz CT molecular complexity index is 632. The van der Waals surface area contributed by atoms with Crippen molar-refractivity contribution in [2.24, 2.45) is 0 Å². The maximum absolute atomic E-state index is 12.2. The number of nitrogens with one attached hydrogen (secondary N) is 2. The van der Waals surface area contributed by atoms with Crippen LogP contribution >= 0.6 is 50.7 Å². The van der Waals surface area contributed by atoms with Crippen LogP contribution in [0.4, 0.5) is 5.69 Å². The first-order valence-electron chi connectivity index (χ1n) is 6.16. The van der Waals surface area contributed by atoms with Crippen molar-refractivity contribution in [3.8, 4) is 0 Å². The molecule has 4 nitrogen and oxygen atoms in total. The van der Waals surface area contributed by atoms with Crippen LogP contribution in [0.1, 0.15) is 10.4 Å². The van der Waals surface area contributed by atoms with Crippen molar-refractivity contribution in [2.75, 3.05) is 5.32 Å². The predicted octanol–water partition coefficient (Wildman–Crippen LogP) is 4.38. The molecule has 0 fully saturated rings. The fourth-order valence-corrected chi connectivity index (χ4v) is 2.22. The van der Waals surface area contributed by atoms with Crippen LogP contribution in [0.2, 0.25) is 0 Å². The van der Waals surface area contributed by atoms with Crippen molar-refractivity contribution in [3.05, 3.63) is 58.8 Å². The molecule has 1 atom stereocenters. The molecular weight excluding hydrogens is 412 g/mol. The summed E-state index contributed by atoms with van der Waals surface area (Å²) in [6, 6.07) is 10.5. The molecule has 0 saturated heterocycles. The predicted molar refractivity (Wildman–Crippen MR) is 93.5 cm³/mol. The molecule has 0 spiro atoms. The van der Waals surface area contributed by atoms with Gasteiger partial charge in [0.05, 0.1) is 5.56 Å². The highest BCUT2D eigenvalue weighted by atomic mass is 79.9. The molecule has 116 valence electrons. The molecule has 1 aromatic heterocycles. The lowest BCUT2D eigenvalue weighted by Crippen LogP contribution is -2.49. The largest absolute Gasteiger partial charge is 0.362 e. The zero-order valence-electron chi connectivity index (χ0n) is 11.1. The van der Waals surface area contributed by atoms with Crippen molar-refractivity contribution < 1.29 is 4.79 Å². The highest BCUT2D eigenvalue weighted by Gasteiger charge is 2.34. The highest BCUT2D eigenvalue weighted by Crippen LogP contribution is 2.31. The van der Waals surface area contributed by atoms with E-state index < -0.39 is 15.9 Å². The Morgan fingerprint density at radius 2 is 1.86 bits per heavy atom. The van der Waals surface area contributed by atoms with Crippen LogP contribution in [-0.2, 0) is 0 Å². The first kappa shape index (κ1) is 17.3. The molecule has 2 N–H and O–H groups in total. The van der Waals surface area contributed by atoms with Gasteiger partial charge in [-0.25, -0.2) is 0 Å². The van der Waals surface area contributed by atoms with E-state index in [9.17, 15) is 4.79 Å². The van der Waals surface area contributed by atoms with E-state index in [1.807, 2.05) is 12.1 Å². The molecule has 1 aromatic carbocycles. The number of amides is 1. The second kappa shape index (κ2) is 7.51. The zero-order valence-corrected chi connectivity index (χ0v) is 14.9. The van der Waals surface area contributed by atoms with Gasteiger partial charge >= 0.3 is 0 Å². The number of aromatic nitrogens is 1. The average Bonchev–Trinajstić information content (AvgIpc) is 2.48. The Kier molecular flexibility index (Phi) is 5.92. The second-order valence-electron chi connectivity index (χ2n) is 4.34. The lowest BCUT2D eigenvalue weighted by Gasteiger charge is -2.27. The van der Waals surface area contributed by atoms with Crippen molar-refractivity contribution in [2.45, 2.75) is 9.96 Å². The van der Waals surface area contributed by atoms with Gasteiger partial charge in [-0.3, -0.25) is 9.78 Å². The molecule has 1 heterocycles. The van der Waals surface area contributed by atoms with E-state index in [0.29, 0.717) is 11.3 Å². The summed E-state index contributed by atoms with van der Waals surface area (Å²) in [6.07, 6.45) is 2.10. The number of nitrogens with zero attached hydrogens (tertiary/aromatic N) is 1. The van der Waals surface area contributed by atoms with Gasteiger partial charge in [0.15, 0.2) is 0 Å². The second-order valence-corrected chi connectivity index (χ2v) is 7.63. The molecule has 0 radical (unpaired) electrons. The van der Waals surface area contributed by atoms with E-state index in [0.717, 1.165) is 4.47 Å². The summed E-state index contributed by atoms with van der Waals surface area (Å²) in [4.78, 5) is 16.1. The number of benzene rings is 1. The van der Waals surface area contributed by atoms with Crippen molar-refractivity contribution in [1.29, 1.82) is 0 Å². The maximum atomic E-state index is 12.2. The number of rotatable bonds is 4. The molecule has 0 aliphatic heterocycles. The number of pyridine rings is 1. The quantitative estimate of drug-likeness (QED) is 0.567. The molecule has 22 heavy (non-hydrogen) atoms. The number of hydrogen-bond acceptors (Lipinski definition) is 3. The van der Waals surface area contributed by atoms with Crippen molar-refractivity contribution in [1.82, 2.24) is 10.3 Å². The third-order valence-electron chi connectivity index (χ3n) is 2.68. The molecule has 2 aromatic rings. The van der Waals surface area contributed by atoms with E-state index in [1.165, 1.54) is 6.20 Å². The highest BCUT2D eigenvalue weighted by molar-refractivity contribution is 9.10. The Hall–Kier alpha value is -1.01. The van der Waals surface area contributed by atoms with Crippen LogP contribution in [-0.4, -0.2) is 20.8 Å². The molecule has 0 aliphatic rings. The summed E-state index contributed by atoms with van der Waals surface area (Å²) < 4.78 is -0.812. The molecule has 0 saturated carbocycles. The maximum Gasteiger partial charge on any atom is 0.254 e. The van der Waals surface area contributed by atoms with Crippen molar-refractivity contribution in [3.63, 3.8) is 0 Å². The minimum Gasteiger partial charge on any atom is -0.362 e. The van der Waals surface area contributed by atoms with Gasteiger partial charge in [-0.05, 0) is 36.4 Å². The summed E-state index contributed by atoms with van der Waals surface area (Å²) in [7, 11) is 0. The number of anilines is 1. The average molecular weight is 424 g/mol. The standard InChI is InChI=1S/C14H11BrCl3N3O/c15-10-3-5-11(6-4-10)20-13(14(16,17)18)21-12(22)9-2-1-7-19-8-9/h1-8,13,20H,(H,21,22)/t13-/m1/s1. The Morgan fingerprint density at radius 1 is 1.18 bits per heavy atom. The van der Waals surface area contributed by atoms with E-state index in [-0.39, 0.29) is 0 Å². The number of halogens is 4. The minimum absolute atomic E-state index is 0.374. The minimum atomic E-state index is -1.73. The molecule has 0 bridgehead atoms. The SMILES string of the molecule is O=C(N[C@@H](Nc1ccc(Br)cc1)C(Cl)(Cl)Cl)c1cccnc1. The Morgan fingerprint density at radius 3 is 2.41 bits per heavy atom. The van der Waals surface area contributed by atoms with E-state index in [4.69, 9.17) is 34.8 Å². The first-order valence-corrected chi connectivity index (χ1v) is 8.08.